The Balaban J connectivity index is 2.37. The highest BCUT2D eigenvalue weighted by Gasteiger charge is 2.24. The summed E-state index contributed by atoms with van der Waals surface area (Å²) in [5, 5.41) is 9.78. The van der Waals surface area contributed by atoms with Crippen molar-refractivity contribution in [2.45, 2.75) is 40.0 Å². The van der Waals surface area contributed by atoms with Gasteiger partial charge in [-0.05, 0) is 56.9 Å². The largest absolute Gasteiger partial charge is 0.494 e. The average Bonchev–Trinajstić information content (AvgIpc) is 2.55. The molecule has 0 aliphatic rings. The van der Waals surface area contributed by atoms with Crippen LogP contribution in [0.4, 0.5) is 0 Å². The summed E-state index contributed by atoms with van der Waals surface area (Å²) in [6.07, 6.45) is 0.376. The Morgan fingerprint density at radius 1 is 1.04 bits per heavy atom. The molecule has 0 amide bonds. The molecule has 0 spiro atoms. The van der Waals surface area contributed by atoms with Crippen molar-refractivity contribution >= 4 is 5.97 Å². The molecule has 0 saturated heterocycles. The molecule has 0 fully saturated rings. The Kier molecular flexibility index (Phi) is 6.45. The fourth-order valence-electron chi connectivity index (χ4n) is 3.02. The van der Waals surface area contributed by atoms with Crippen molar-refractivity contribution in [1.82, 2.24) is 0 Å². The molecule has 0 aromatic heterocycles. The summed E-state index contributed by atoms with van der Waals surface area (Å²) in [5.41, 5.74) is 3.84. The Bertz CT molecular complexity index is 737. The van der Waals surface area contributed by atoms with E-state index in [0.29, 0.717) is 25.4 Å². The van der Waals surface area contributed by atoms with E-state index in [1.54, 1.807) is 0 Å². The Morgan fingerprint density at radius 2 is 1.76 bits per heavy atom. The van der Waals surface area contributed by atoms with Crippen LogP contribution in [-0.4, -0.2) is 24.3 Å². The summed E-state index contributed by atoms with van der Waals surface area (Å²) in [6.45, 7) is 8.89. The first-order valence-corrected chi connectivity index (χ1v) is 8.64. The quantitative estimate of drug-likeness (QED) is 0.767. The predicted octanol–water partition coefficient (Wildman–Crippen LogP) is 4.51. The molecule has 25 heavy (non-hydrogen) atoms. The Hall–Kier alpha value is -2.49. The fraction of sp³-hybridized carbons (Fsp3) is 0.381. The topological polar surface area (TPSA) is 55.8 Å². The van der Waals surface area contributed by atoms with Gasteiger partial charge in [0.1, 0.15) is 11.5 Å². The van der Waals surface area contributed by atoms with Crippen molar-refractivity contribution in [2.24, 2.45) is 0 Å². The van der Waals surface area contributed by atoms with Gasteiger partial charge in [-0.15, -0.1) is 0 Å². The third kappa shape index (κ3) is 4.75. The molecule has 2 aromatic carbocycles. The number of carbonyl (C=O) groups is 1. The van der Waals surface area contributed by atoms with Gasteiger partial charge in [-0.3, -0.25) is 4.79 Å². The molecule has 2 aromatic rings. The molecule has 1 unspecified atom stereocenters. The van der Waals surface area contributed by atoms with E-state index >= 15 is 0 Å². The van der Waals surface area contributed by atoms with Crippen LogP contribution in [0.15, 0.2) is 36.4 Å². The van der Waals surface area contributed by atoms with Crippen LogP contribution in [0.25, 0.3) is 0 Å². The van der Waals surface area contributed by atoms with Crippen LogP contribution in [0.1, 0.15) is 42.0 Å². The smallest absolute Gasteiger partial charge is 0.311 e. The maximum Gasteiger partial charge on any atom is 0.311 e. The molecule has 0 radical (unpaired) electrons. The van der Waals surface area contributed by atoms with E-state index in [2.05, 4.69) is 0 Å². The second-order valence-electron chi connectivity index (χ2n) is 6.09. The van der Waals surface area contributed by atoms with E-state index in [1.165, 1.54) is 0 Å². The summed E-state index contributed by atoms with van der Waals surface area (Å²) >= 11 is 0. The van der Waals surface area contributed by atoms with E-state index in [0.717, 1.165) is 28.0 Å². The lowest BCUT2D eigenvalue weighted by atomic mass is 9.88. The first-order valence-electron chi connectivity index (χ1n) is 8.64. The minimum atomic E-state index is -0.830. The number of benzene rings is 2. The number of carboxylic acid groups (broad SMARTS) is 1. The van der Waals surface area contributed by atoms with Gasteiger partial charge in [-0.1, -0.05) is 29.8 Å². The molecule has 4 nitrogen and oxygen atoms in total. The highest BCUT2D eigenvalue weighted by atomic mass is 16.5. The SMILES string of the molecule is CCOc1ccc(CC(C(=O)O)c2ccc(C)cc2C)c(OCC)c1. The molecular formula is C21H26O4. The lowest BCUT2D eigenvalue weighted by Gasteiger charge is -2.18. The van der Waals surface area contributed by atoms with Crippen molar-refractivity contribution in [3.63, 3.8) is 0 Å². The number of carboxylic acids is 1. The molecule has 0 bridgehead atoms. The van der Waals surface area contributed by atoms with Gasteiger partial charge < -0.3 is 14.6 Å². The molecule has 1 atom stereocenters. The van der Waals surface area contributed by atoms with Gasteiger partial charge >= 0.3 is 5.97 Å². The molecular weight excluding hydrogens is 316 g/mol. The zero-order chi connectivity index (χ0) is 18.4. The second-order valence-corrected chi connectivity index (χ2v) is 6.09. The zero-order valence-corrected chi connectivity index (χ0v) is 15.3. The van der Waals surface area contributed by atoms with Gasteiger partial charge in [0.25, 0.3) is 0 Å². The Labute approximate surface area is 149 Å². The highest BCUT2D eigenvalue weighted by molar-refractivity contribution is 5.77. The summed E-state index contributed by atoms with van der Waals surface area (Å²) in [4.78, 5) is 11.9. The lowest BCUT2D eigenvalue weighted by Crippen LogP contribution is -2.16. The van der Waals surface area contributed by atoms with Gasteiger partial charge in [-0.25, -0.2) is 0 Å². The summed E-state index contributed by atoms with van der Waals surface area (Å²) in [6, 6.07) is 11.5. The first kappa shape index (κ1) is 18.8. The van der Waals surface area contributed by atoms with E-state index in [9.17, 15) is 9.90 Å². The van der Waals surface area contributed by atoms with Gasteiger partial charge in [0.2, 0.25) is 0 Å². The maximum atomic E-state index is 11.9. The Morgan fingerprint density at radius 3 is 2.36 bits per heavy atom. The summed E-state index contributed by atoms with van der Waals surface area (Å²) in [7, 11) is 0. The minimum absolute atomic E-state index is 0.376. The maximum absolute atomic E-state index is 11.9. The van der Waals surface area contributed by atoms with Gasteiger partial charge in [-0.2, -0.15) is 0 Å². The van der Waals surface area contributed by atoms with Crippen molar-refractivity contribution < 1.29 is 19.4 Å². The van der Waals surface area contributed by atoms with E-state index < -0.39 is 11.9 Å². The third-order valence-electron chi connectivity index (χ3n) is 4.17. The normalized spacial score (nSPS) is 11.8. The number of aliphatic carboxylic acids is 1. The van der Waals surface area contributed by atoms with E-state index in [1.807, 2.05) is 64.1 Å². The van der Waals surface area contributed by atoms with Crippen molar-refractivity contribution in [1.29, 1.82) is 0 Å². The van der Waals surface area contributed by atoms with Crippen LogP contribution in [0.2, 0.25) is 0 Å². The summed E-state index contributed by atoms with van der Waals surface area (Å²) < 4.78 is 11.2. The molecule has 4 heteroatoms. The zero-order valence-electron chi connectivity index (χ0n) is 15.3. The predicted molar refractivity (Wildman–Crippen MR) is 98.8 cm³/mol. The molecule has 2 rings (SSSR count). The van der Waals surface area contributed by atoms with Crippen molar-refractivity contribution in [3.05, 3.63) is 58.7 Å². The summed E-state index contributed by atoms with van der Waals surface area (Å²) in [5.74, 6) is -0.0291. The molecule has 0 heterocycles. The molecule has 0 aliphatic carbocycles. The van der Waals surface area contributed by atoms with E-state index in [-0.39, 0.29) is 0 Å². The fourth-order valence-corrected chi connectivity index (χ4v) is 3.02. The number of aryl methyl sites for hydroxylation is 2. The van der Waals surface area contributed by atoms with Crippen LogP contribution in [0.3, 0.4) is 0 Å². The van der Waals surface area contributed by atoms with Crippen LogP contribution in [0, 0.1) is 13.8 Å². The number of rotatable bonds is 8. The van der Waals surface area contributed by atoms with E-state index in [4.69, 9.17) is 9.47 Å². The first-order chi connectivity index (χ1) is 12.0. The van der Waals surface area contributed by atoms with Crippen molar-refractivity contribution in [2.75, 3.05) is 13.2 Å². The minimum Gasteiger partial charge on any atom is -0.494 e. The van der Waals surface area contributed by atoms with Crippen LogP contribution >= 0.6 is 0 Å². The van der Waals surface area contributed by atoms with Crippen LogP contribution in [-0.2, 0) is 11.2 Å². The number of hydrogen-bond donors (Lipinski definition) is 1. The molecule has 134 valence electrons. The van der Waals surface area contributed by atoms with Gasteiger partial charge in [0.05, 0.1) is 19.1 Å². The number of hydrogen-bond acceptors (Lipinski definition) is 3. The number of ether oxygens (including phenoxy) is 2. The monoisotopic (exact) mass is 342 g/mol. The lowest BCUT2D eigenvalue weighted by molar-refractivity contribution is -0.138. The van der Waals surface area contributed by atoms with Gasteiger partial charge in [0, 0.05) is 6.07 Å². The van der Waals surface area contributed by atoms with Crippen molar-refractivity contribution in [3.8, 4) is 11.5 Å². The second kappa shape index (κ2) is 8.56. The molecule has 0 saturated carbocycles. The third-order valence-corrected chi connectivity index (χ3v) is 4.17. The van der Waals surface area contributed by atoms with Crippen LogP contribution < -0.4 is 9.47 Å². The average molecular weight is 342 g/mol. The highest BCUT2D eigenvalue weighted by Crippen LogP contribution is 2.31. The molecule has 0 aliphatic heterocycles. The molecule has 1 N–H and O–H groups in total. The van der Waals surface area contributed by atoms with Gasteiger partial charge in [0.15, 0.2) is 0 Å². The van der Waals surface area contributed by atoms with Crippen LogP contribution in [0.5, 0.6) is 11.5 Å². The standard InChI is InChI=1S/C21H26O4/c1-5-24-17-9-8-16(20(13-17)25-6-2)12-19(21(22)23)18-10-7-14(3)11-15(18)4/h7-11,13,19H,5-6,12H2,1-4H3,(H,22,23).